The maximum Gasteiger partial charge on any atom is 0.255 e. The Balaban J connectivity index is 1.56. The largest absolute Gasteiger partial charge is 0.373 e. The van der Waals surface area contributed by atoms with Crippen molar-refractivity contribution in [2.45, 2.75) is 37.9 Å². The molecule has 158 valence electrons. The van der Waals surface area contributed by atoms with Crippen molar-refractivity contribution in [2.24, 2.45) is 0 Å². The first-order valence-electron chi connectivity index (χ1n) is 9.66. The quantitative estimate of drug-likeness (QED) is 0.662. The molecule has 0 unspecified atom stereocenters. The molecule has 2 heterocycles. The van der Waals surface area contributed by atoms with Crippen LogP contribution in [0.2, 0.25) is 0 Å². The molecule has 0 saturated carbocycles. The highest BCUT2D eigenvalue weighted by atomic mass is 32.2. The number of amides is 1. The second-order valence-corrected chi connectivity index (χ2v) is 10.6. The molecule has 9 heteroatoms. The summed E-state index contributed by atoms with van der Waals surface area (Å²) in [5.41, 5.74) is 1.81. The van der Waals surface area contributed by atoms with Crippen molar-refractivity contribution in [3.05, 3.63) is 53.0 Å². The fourth-order valence-corrected chi connectivity index (χ4v) is 6.10. The summed E-state index contributed by atoms with van der Waals surface area (Å²) in [6.07, 6.45) is -0.361. The van der Waals surface area contributed by atoms with E-state index >= 15 is 0 Å². The van der Waals surface area contributed by atoms with Gasteiger partial charge in [-0.1, -0.05) is 6.07 Å². The Kier molecular flexibility index (Phi) is 5.63. The topological polar surface area (TPSA) is 88.6 Å². The summed E-state index contributed by atoms with van der Waals surface area (Å²) >= 11 is 1.55. The monoisotopic (exact) mass is 445 g/mol. The zero-order chi connectivity index (χ0) is 21.5. The molecule has 1 aliphatic heterocycles. The SMILES string of the molecule is Cc1nc2ccc(NC(=O)c3cccc(S(=O)(=O)N4C[C@H](C)O[C@@H](C)C4)c3)cc2s1. The van der Waals surface area contributed by atoms with E-state index in [0.717, 1.165) is 15.2 Å². The minimum Gasteiger partial charge on any atom is -0.373 e. The summed E-state index contributed by atoms with van der Waals surface area (Å²) < 4.78 is 34.2. The standard InChI is InChI=1S/C21H23N3O4S2/c1-13-11-24(12-14(2)28-13)30(26,27)18-6-4-5-16(9-18)21(25)23-17-7-8-19-20(10-17)29-15(3)22-19/h4-10,13-14H,11-12H2,1-3H3,(H,23,25)/t13-,14-/m0/s1. The molecule has 7 nitrogen and oxygen atoms in total. The number of carbonyl (C=O) groups excluding carboxylic acids is 1. The molecule has 0 bridgehead atoms. The summed E-state index contributed by atoms with van der Waals surface area (Å²) in [5.74, 6) is -0.364. The van der Waals surface area contributed by atoms with Gasteiger partial charge >= 0.3 is 0 Å². The Morgan fingerprint density at radius 3 is 2.63 bits per heavy atom. The molecule has 1 N–H and O–H groups in total. The van der Waals surface area contributed by atoms with Gasteiger partial charge in [-0.3, -0.25) is 4.79 Å². The molecule has 1 fully saturated rings. The number of aromatic nitrogens is 1. The number of anilines is 1. The average molecular weight is 446 g/mol. The van der Waals surface area contributed by atoms with E-state index in [4.69, 9.17) is 4.74 Å². The lowest BCUT2D eigenvalue weighted by Gasteiger charge is -2.34. The Labute approximate surface area is 179 Å². The number of nitrogens with one attached hydrogen (secondary N) is 1. The van der Waals surface area contributed by atoms with Crippen LogP contribution in [0.1, 0.15) is 29.2 Å². The third-order valence-electron chi connectivity index (χ3n) is 4.87. The first-order chi connectivity index (χ1) is 14.2. The summed E-state index contributed by atoms with van der Waals surface area (Å²) in [7, 11) is -3.72. The first-order valence-corrected chi connectivity index (χ1v) is 11.9. The van der Waals surface area contributed by atoms with Crippen molar-refractivity contribution in [3.63, 3.8) is 0 Å². The van der Waals surface area contributed by atoms with Crippen LogP contribution in [0.15, 0.2) is 47.4 Å². The van der Waals surface area contributed by atoms with Gasteiger partial charge in [-0.25, -0.2) is 13.4 Å². The molecule has 2 aromatic carbocycles. The van der Waals surface area contributed by atoms with Crippen LogP contribution in [0.5, 0.6) is 0 Å². The van der Waals surface area contributed by atoms with E-state index in [0.29, 0.717) is 5.69 Å². The molecule has 1 saturated heterocycles. The fourth-order valence-electron chi connectivity index (χ4n) is 3.59. The highest BCUT2D eigenvalue weighted by Crippen LogP contribution is 2.26. The number of thiazole rings is 1. The molecule has 1 aliphatic rings. The molecule has 1 amide bonds. The maximum atomic E-state index is 13.1. The fraction of sp³-hybridized carbons (Fsp3) is 0.333. The van der Waals surface area contributed by atoms with Gasteiger partial charge in [0.1, 0.15) is 0 Å². The van der Waals surface area contributed by atoms with Crippen LogP contribution >= 0.6 is 11.3 Å². The van der Waals surface area contributed by atoms with Gasteiger partial charge in [-0.15, -0.1) is 11.3 Å². The highest BCUT2D eigenvalue weighted by molar-refractivity contribution is 7.89. The van der Waals surface area contributed by atoms with Crippen molar-refractivity contribution in [1.82, 2.24) is 9.29 Å². The van der Waals surface area contributed by atoms with E-state index in [1.54, 1.807) is 29.5 Å². The van der Waals surface area contributed by atoms with Crippen molar-refractivity contribution in [3.8, 4) is 0 Å². The Hall–Kier alpha value is -2.33. The van der Waals surface area contributed by atoms with E-state index in [1.807, 2.05) is 32.9 Å². The number of rotatable bonds is 4. The van der Waals surface area contributed by atoms with Crippen LogP contribution in [0, 0.1) is 6.92 Å². The van der Waals surface area contributed by atoms with Gasteiger partial charge in [0.05, 0.1) is 32.3 Å². The predicted octanol–water partition coefficient (Wildman–Crippen LogP) is 3.65. The molecular weight excluding hydrogens is 422 g/mol. The number of morpholine rings is 1. The van der Waals surface area contributed by atoms with Gasteiger partial charge in [-0.05, 0) is 57.2 Å². The molecule has 0 aliphatic carbocycles. The van der Waals surface area contributed by atoms with E-state index in [9.17, 15) is 13.2 Å². The summed E-state index contributed by atoms with van der Waals surface area (Å²) in [6, 6.07) is 11.6. The number of hydrogen-bond acceptors (Lipinski definition) is 6. The van der Waals surface area contributed by atoms with Crippen molar-refractivity contribution < 1.29 is 17.9 Å². The van der Waals surface area contributed by atoms with Crippen LogP contribution in [0.3, 0.4) is 0 Å². The Bertz CT molecular complexity index is 1200. The average Bonchev–Trinajstić information content (AvgIpc) is 3.06. The normalized spacial score (nSPS) is 20.4. The smallest absolute Gasteiger partial charge is 0.255 e. The lowest BCUT2D eigenvalue weighted by molar-refractivity contribution is -0.0440. The van der Waals surface area contributed by atoms with Crippen LogP contribution in [0.25, 0.3) is 10.2 Å². The zero-order valence-electron chi connectivity index (χ0n) is 17.0. The number of hydrogen-bond donors (Lipinski definition) is 1. The zero-order valence-corrected chi connectivity index (χ0v) is 18.6. The number of sulfonamides is 1. The number of fused-ring (bicyclic) bond motifs is 1. The minimum atomic E-state index is -3.72. The lowest BCUT2D eigenvalue weighted by Crippen LogP contribution is -2.48. The molecule has 30 heavy (non-hydrogen) atoms. The van der Waals surface area contributed by atoms with Gasteiger partial charge in [0, 0.05) is 24.3 Å². The Morgan fingerprint density at radius 2 is 1.90 bits per heavy atom. The molecule has 0 radical (unpaired) electrons. The molecule has 0 spiro atoms. The van der Waals surface area contributed by atoms with E-state index in [-0.39, 0.29) is 41.7 Å². The predicted molar refractivity (Wildman–Crippen MR) is 118 cm³/mol. The molecule has 4 rings (SSSR count). The Morgan fingerprint density at radius 1 is 1.17 bits per heavy atom. The second-order valence-electron chi connectivity index (χ2n) is 7.48. The van der Waals surface area contributed by atoms with Crippen LogP contribution in [-0.4, -0.2) is 48.9 Å². The summed E-state index contributed by atoms with van der Waals surface area (Å²) in [4.78, 5) is 17.3. The van der Waals surface area contributed by atoms with Crippen molar-refractivity contribution >= 4 is 43.2 Å². The number of carbonyl (C=O) groups is 1. The lowest BCUT2D eigenvalue weighted by atomic mass is 10.2. The number of ether oxygens (including phenoxy) is 1. The minimum absolute atomic E-state index is 0.102. The first kappa shape index (κ1) is 20.9. The van der Waals surface area contributed by atoms with Crippen LogP contribution in [-0.2, 0) is 14.8 Å². The number of nitrogens with zero attached hydrogens (tertiary/aromatic N) is 2. The molecule has 2 atom stereocenters. The van der Waals surface area contributed by atoms with Gasteiger partial charge in [0.25, 0.3) is 5.91 Å². The number of benzene rings is 2. The van der Waals surface area contributed by atoms with Gasteiger partial charge in [0.15, 0.2) is 0 Å². The molecule has 1 aromatic heterocycles. The van der Waals surface area contributed by atoms with Crippen LogP contribution < -0.4 is 5.32 Å². The second kappa shape index (κ2) is 8.07. The maximum absolute atomic E-state index is 13.1. The third kappa shape index (κ3) is 4.24. The van der Waals surface area contributed by atoms with E-state index in [2.05, 4.69) is 10.3 Å². The van der Waals surface area contributed by atoms with Gasteiger partial charge in [0.2, 0.25) is 10.0 Å². The van der Waals surface area contributed by atoms with E-state index < -0.39 is 10.0 Å². The summed E-state index contributed by atoms with van der Waals surface area (Å²) in [6.45, 7) is 6.21. The molecular formula is C21H23N3O4S2. The molecule has 3 aromatic rings. The van der Waals surface area contributed by atoms with E-state index in [1.165, 1.54) is 16.4 Å². The number of aryl methyl sites for hydroxylation is 1. The van der Waals surface area contributed by atoms with Gasteiger partial charge in [-0.2, -0.15) is 4.31 Å². The van der Waals surface area contributed by atoms with Gasteiger partial charge < -0.3 is 10.1 Å². The highest BCUT2D eigenvalue weighted by Gasteiger charge is 2.32. The van der Waals surface area contributed by atoms with Crippen molar-refractivity contribution in [2.75, 3.05) is 18.4 Å². The third-order valence-corrected chi connectivity index (χ3v) is 7.63. The van der Waals surface area contributed by atoms with Crippen LogP contribution in [0.4, 0.5) is 5.69 Å². The summed E-state index contributed by atoms with van der Waals surface area (Å²) in [5, 5.41) is 3.80. The van der Waals surface area contributed by atoms with Crippen molar-refractivity contribution in [1.29, 1.82) is 0 Å².